The van der Waals surface area contributed by atoms with Crippen LogP contribution in [0.2, 0.25) is 0 Å². The maximum atomic E-state index is 13.1. The van der Waals surface area contributed by atoms with E-state index in [1.807, 2.05) is 37.3 Å². The average Bonchev–Trinajstić information content (AvgIpc) is 3.21. The van der Waals surface area contributed by atoms with Crippen LogP contribution in [0.1, 0.15) is 22.8 Å². The van der Waals surface area contributed by atoms with Crippen LogP contribution in [0.25, 0.3) is 10.2 Å². The number of fused-ring (bicyclic) bond motifs is 1. The van der Waals surface area contributed by atoms with Gasteiger partial charge in [0, 0.05) is 19.0 Å². The topological polar surface area (TPSA) is 88.8 Å². The van der Waals surface area contributed by atoms with E-state index in [1.54, 1.807) is 12.4 Å². The molecular formula is C21H24N2O6S. The molecule has 2 aromatic heterocycles. The third-order valence-electron chi connectivity index (χ3n) is 4.49. The Morgan fingerprint density at radius 1 is 1.03 bits per heavy atom. The van der Waals surface area contributed by atoms with Gasteiger partial charge in [-0.2, -0.15) is 0 Å². The average molecular weight is 432 g/mol. The lowest BCUT2D eigenvalue weighted by Gasteiger charge is -2.09. The first-order valence-corrected chi connectivity index (χ1v) is 10.5. The maximum absolute atomic E-state index is 13.1. The standard InChI is InChI=1S/C21H24N2O6S/c1-3-27-9-10-28-11-12-29-20(25)16-14-30-19-17(16)18(24)23(21(26)22(19)2)13-15-7-5-4-6-8-15/h4-8,14H,3,9-13H2,1-2H3. The number of ether oxygens (including phenoxy) is 3. The molecule has 0 bridgehead atoms. The second-order valence-electron chi connectivity index (χ2n) is 6.49. The van der Waals surface area contributed by atoms with Crippen molar-refractivity contribution >= 4 is 27.5 Å². The second-order valence-corrected chi connectivity index (χ2v) is 7.35. The lowest BCUT2D eigenvalue weighted by molar-refractivity contribution is 0.0165. The SMILES string of the molecule is CCOCCOCCOC(=O)c1csc2c1c(=O)n(Cc1ccccc1)c(=O)n2C. The zero-order valence-corrected chi connectivity index (χ0v) is 17.8. The van der Waals surface area contributed by atoms with E-state index in [0.717, 1.165) is 10.1 Å². The summed E-state index contributed by atoms with van der Waals surface area (Å²) < 4.78 is 18.3. The van der Waals surface area contributed by atoms with Crippen LogP contribution in [0, 0.1) is 0 Å². The molecule has 0 fully saturated rings. The molecule has 0 atom stereocenters. The van der Waals surface area contributed by atoms with Gasteiger partial charge in [0.15, 0.2) is 0 Å². The van der Waals surface area contributed by atoms with Gasteiger partial charge in [-0.1, -0.05) is 30.3 Å². The fourth-order valence-electron chi connectivity index (χ4n) is 2.98. The van der Waals surface area contributed by atoms with Gasteiger partial charge in [0.1, 0.15) is 11.4 Å². The highest BCUT2D eigenvalue weighted by atomic mass is 32.1. The number of carbonyl (C=O) groups is 1. The number of nitrogens with zero attached hydrogens (tertiary/aromatic N) is 2. The largest absolute Gasteiger partial charge is 0.460 e. The molecule has 0 saturated carbocycles. The molecule has 0 saturated heterocycles. The van der Waals surface area contributed by atoms with Crippen molar-refractivity contribution < 1.29 is 19.0 Å². The quantitative estimate of drug-likeness (QED) is 0.360. The van der Waals surface area contributed by atoms with Gasteiger partial charge in [0.25, 0.3) is 5.56 Å². The summed E-state index contributed by atoms with van der Waals surface area (Å²) >= 11 is 1.17. The monoisotopic (exact) mass is 432 g/mol. The van der Waals surface area contributed by atoms with Crippen molar-refractivity contribution in [3.05, 3.63) is 67.7 Å². The van der Waals surface area contributed by atoms with Gasteiger partial charge < -0.3 is 14.2 Å². The first-order valence-electron chi connectivity index (χ1n) is 9.62. The van der Waals surface area contributed by atoms with E-state index in [1.165, 1.54) is 15.9 Å². The summed E-state index contributed by atoms with van der Waals surface area (Å²) in [6.07, 6.45) is 0. The van der Waals surface area contributed by atoms with Gasteiger partial charge in [0.2, 0.25) is 0 Å². The molecule has 8 nitrogen and oxygen atoms in total. The summed E-state index contributed by atoms with van der Waals surface area (Å²) in [6, 6.07) is 9.22. The van der Waals surface area contributed by atoms with Gasteiger partial charge in [-0.3, -0.25) is 13.9 Å². The minimum absolute atomic E-state index is 0.0618. The van der Waals surface area contributed by atoms with Crippen LogP contribution in [0.15, 0.2) is 45.3 Å². The lowest BCUT2D eigenvalue weighted by Crippen LogP contribution is -2.39. The zero-order valence-electron chi connectivity index (χ0n) is 17.0. The summed E-state index contributed by atoms with van der Waals surface area (Å²) in [5.41, 5.74) is 0.0465. The van der Waals surface area contributed by atoms with Gasteiger partial charge in [0.05, 0.1) is 37.3 Å². The normalized spacial score (nSPS) is 11.1. The van der Waals surface area contributed by atoms with E-state index in [0.29, 0.717) is 24.7 Å². The summed E-state index contributed by atoms with van der Waals surface area (Å²) in [6.45, 7) is 3.84. The number of carbonyl (C=O) groups excluding carboxylic acids is 1. The molecule has 2 heterocycles. The Kier molecular flexibility index (Phi) is 7.56. The van der Waals surface area contributed by atoms with Gasteiger partial charge in [-0.05, 0) is 12.5 Å². The zero-order chi connectivity index (χ0) is 21.5. The number of esters is 1. The number of rotatable bonds is 10. The van der Waals surface area contributed by atoms with Crippen molar-refractivity contribution in [2.75, 3.05) is 33.0 Å². The molecular weight excluding hydrogens is 408 g/mol. The van der Waals surface area contributed by atoms with Crippen LogP contribution in [-0.2, 0) is 27.8 Å². The molecule has 0 spiro atoms. The van der Waals surface area contributed by atoms with Crippen molar-refractivity contribution in [1.82, 2.24) is 9.13 Å². The number of thiophene rings is 1. The number of aryl methyl sites for hydroxylation is 1. The van der Waals surface area contributed by atoms with Crippen LogP contribution >= 0.6 is 11.3 Å². The van der Waals surface area contributed by atoms with E-state index in [4.69, 9.17) is 14.2 Å². The molecule has 3 aromatic rings. The van der Waals surface area contributed by atoms with Crippen LogP contribution in [0.5, 0.6) is 0 Å². The Morgan fingerprint density at radius 3 is 2.47 bits per heavy atom. The van der Waals surface area contributed by atoms with E-state index < -0.39 is 17.2 Å². The fourth-order valence-corrected chi connectivity index (χ4v) is 3.98. The minimum atomic E-state index is -0.614. The smallest absolute Gasteiger partial charge is 0.339 e. The second kappa shape index (κ2) is 10.3. The molecule has 0 N–H and O–H groups in total. The van der Waals surface area contributed by atoms with Gasteiger partial charge in [-0.25, -0.2) is 9.59 Å². The van der Waals surface area contributed by atoms with Crippen molar-refractivity contribution in [3.8, 4) is 0 Å². The molecule has 1 aromatic carbocycles. The van der Waals surface area contributed by atoms with Crippen molar-refractivity contribution in [2.24, 2.45) is 7.05 Å². The number of hydrogen-bond acceptors (Lipinski definition) is 7. The van der Waals surface area contributed by atoms with Crippen LogP contribution in [0.3, 0.4) is 0 Å². The number of hydrogen-bond donors (Lipinski definition) is 0. The molecule has 9 heteroatoms. The predicted molar refractivity (Wildman–Crippen MR) is 114 cm³/mol. The van der Waals surface area contributed by atoms with Crippen LogP contribution in [0.4, 0.5) is 0 Å². The van der Waals surface area contributed by atoms with Gasteiger partial charge >= 0.3 is 11.7 Å². The fraction of sp³-hybridized carbons (Fsp3) is 0.381. The third kappa shape index (κ3) is 4.86. The highest BCUT2D eigenvalue weighted by Gasteiger charge is 2.21. The van der Waals surface area contributed by atoms with Gasteiger partial charge in [-0.15, -0.1) is 11.3 Å². The van der Waals surface area contributed by atoms with E-state index in [-0.39, 0.29) is 30.7 Å². The first-order chi connectivity index (χ1) is 14.5. The van der Waals surface area contributed by atoms with Crippen molar-refractivity contribution in [2.45, 2.75) is 13.5 Å². The molecule has 0 radical (unpaired) electrons. The molecule has 0 aliphatic heterocycles. The van der Waals surface area contributed by atoms with Crippen LogP contribution < -0.4 is 11.2 Å². The lowest BCUT2D eigenvalue weighted by atomic mass is 10.2. The summed E-state index contributed by atoms with van der Waals surface area (Å²) in [5.74, 6) is -0.614. The maximum Gasteiger partial charge on any atom is 0.339 e. The molecule has 3 rings (SSSR count). The minimum Gasteiger partial charge on any atom is -0.460 e. The third-order valence-corrected chi connectivity index (χ3v) is 5.55. The molecule has 0 aliphatic carbocycles. The Morgan fingerprint density at radius 2 is 1.73 bits per heavy atom. The molecule has 160 valence electrons. The molecule has 0 amide bonds. The molecule has 0 aliphatic rings. The highest BCUT2D eigenvalue weighted by Crippen LogP contribution is 2.22. The van der Waals surface area contributed by atoms with Crippen LogP contribution in [-0.4, -0.2) is 48.1 Å². The Balaban J connectivity index is 1.80. The summed E-state index contributed by atoms with van der Waals surface area (Å²) in [5, 5.41) is 1.75. The predicted octanol–water partition coefficient (Wildman–Crippen LogP) is 2.02. The summed E-state index contributed by atoms with van der Waals surface area (Å²) in [7, 11) is 1.59. The molecule has 30 heavy (non-hydrogen) atoms. The Hall–Kier alpha value is -2.75. The Labute approximate surface area is 177 Å². The molecule has 0 unspecified atom stereocenters. The van der Waals surface area contributed by atoms with E-state index >= 15 is 0 Å². The first kappa shape index (κ1) is 21.9. The van der Waals surface area contributed by atoms with Crippen molar-refractivity contribution in [1.29, 1.82) is 0 Å². The number of aromatic nitrogens is 2. The van der Waals surface area contributed by atoms with Crippen molar-refractivity contribution in [3.63, 3.8) is 0 Å². The summed E-state index contributed by atoms with van der Waals surface area (Å²) in [4.78, 5) is 38.8. The van der Waals surface area contributed by atoms with E-state index in [9.17, 15) is 14.4 Å². The number of benzene rings is 1. The Bertz CT molecular complexity index is 1120. The van der Waals surface area contributed by atoms with E-state index in [2.05, 4.69) is 0 Å². The highest BCUT2D eigenvalue weighted by molar-refractivity contribution is 7.17.